The number of rotatable bonds is 5. The van der Waals surface area contributed by atoms with Crippen LogP contribution >= 0.6 is 11.3 Å². The van der Waals surface area contributed by atoms with Gasteiger partial charge in [0, 0.05) is 4.88 Å². The van der Waals surface area contributed by atoms with Crippen LogP contribution in [0.4, 0.5) is 14.5 Å². The van der Waals surface area contributed by atoms with Gasteiger partial charge in [-0.1, -0.05) is 17.3 Å². The zero-order valence-corrected chi connectivity index (χ0v) is 16.2. The molecule has 4 rings (SSSR count). The first kappa shape index (κ1) is 19.0. The van der Waals surface area contributed by atoms with Gasteiger partial charge in [-0.2, -0.15) is 8.78 Å². The van der Waals surface area contributed by atoms with Crippen molar-refractivity contribution in [1.29, 1.82) is 0 Å². The van der Waals surface area contributed by atoms with E-state index < -0.39 is 12.5 Å². The minimum atomic E-state index is -3.00. The number of carbonyl (C=O) groups excluding carboxylic acids is 1. The number of para-hydroxylation sites is 2. The number of aryl methyl sites for hydroxylation is 2. The monoisotopic (exact) mass is 415 g/mol. The van der Waals surface area contributed by atoms with E-state index in [1.54, 1.807) is 25.1 Å². The number of fused-ring (bicyclic) bond motifs is 1. The highest BCUT2D eigenvalue weighted by atomic mass is 32.1. The van der Waals surface area contributed by atoms with E-state index in [0.717, 1.165) is 9.75 Å². The number of nitrogens with zero attached hydrogens (tertiary/aromatic N) is 2. The largest absolute Gasteiger partial charge is 0.433 e. The minimum Gasteiger partial charge on any atom is -0.433 e. The molecule has 0 aliphatic carbocycles. The number of thiophene rings is 1. The minimum absolute atomic E-state index is 0.128. The molecule has 0 atom stereocenters. The first-order chi connectivity index (χ1) is 13.9. The molecule has 148 valence electrons. The second-order valence-electron chi connectivity index (χ2n) is 6.24. The second kappa shape index (κ2) is 7.59. The number of aromatic nitrogens is 2. The number of hydrogen-bond acceptors (Lipinski definition) is 6. The van der Waals surface area contributed by atoms with Crippen molar-refractivity contribution in [2.24, 2.45) is 0 Å². The van der Waals surface area contributed by atoms with Crippen molar-refractivity contribution in [3.8, 4) is 16.3 Å². The first-order valence-corrected chi connectivity index (χ1v) is 9.43. The van der Waals surface area contributed by atoms with E-state index >= 15 is 0 Å². The standard InChI is InChI=1S/C20H15F2N3O3S/c1-10-7-8-16(29-10)14-9-12(17-11(2)25-28-19(17)24-14)18(26)23-13-5-3-4-6-15(13)27-20(21)22/h3-9,20H,1-2H3,(H,23,26). The number of carbonyl (C=O) groups is 1. The first-order valence-electron chi connectivity index (χ1n) is 8.61. The molecule has 0 unspecified atom stereocenters. The van der Waals surface area contributed by atoms with Crippen molar-refractivity contribution in [2.45, 2.75) is 20.5 Å². The van der Waals surface area contributed by atoms with Gasteiger partial charge in [0.15, 0.2) is 0 Å². The van der Waals surface area contributed by atoms with E-state index in [1.807, 2.05) is 19.1 Å². The second-order valence-corrected chi connectivity index (χ2v) is 7.53. The highest BCUT2D eigenvalue weighted by Crippen LogP contribution is 2.32. The Morgan fingerprint density at radius 2 is 2.00 bits per heavy atom. The van der Waals surface area contributed by atoms with Gasteiger partial charge in [-0.05, 0) is 44.2 Å². The van der Waals surface area contributed by atoms with E-state index in [-0.39, 0.29) is 22.7 Å². The highest BCUT2D eigenvalue weighted by Gasteiger charge is 2.21. The number of nitrogens with one attached hydrogen (secondary N) is 1. The molecule has 29 heavy (non-hydrogen) atoms. The summed E-state index contributed by atoms with van der Waals surface area (Å²) >= 11 is 1.53. The molecule has 1 N–H and O–H groups in total. The Hall–Kier alpha value is -3.33. The van der Waals surface area contributed by atoms with Crippen molar-refractivity contribution in [3.05, 3.63) is 58.6 Å². The van der Waals surface area contributed by atoms with Crippen LogP contribution in [0.3, 0.4) is 0 Å². The van der Waals surface area contributed by atoms with E-state index in [1.165, 1.54) is 23.5 Å². The zero-order valence-electron chi connectivity index (χ0n) is 15.4. The lowest BCUT2D eigenvalue weighted by Gasteiger charge is -2.12. The lowest BCUT2D eigenvalue weighted by molar-refractivity contribution is -0.0493. The molecule has 0 spiro atoms. The molecule has 3 aromatic heterocycles. The third-order valence-electron chi connectivity index (χ3n) is 4.21. The molecule has 0 radical (unpaired) electrons. The third kappa shape index (κ3) is 3.81. The Bertz CT molecular complexity index is 1200. The summed E-state index contributed by atoms with van der Waals surface area (Å²) in [5.41, 5.74) is 1.71. The van der Waals surface area contributed by atoms with Gasteiger partial charge in [-0.3, -0.25) is 4.79 Å². The molecule has 0 saturated carbocycles. The van der Waals surface area contributed by atoms with Crippen molar-refractivity contribution in [3.63, 3.8) is 0 Å². The van der Waals surface area contributed by atoms with Crippen LogP contribution in [0, 0.1) is 13.8 Å². The highest BCUT2D eigenvalue weighted by molar-refractivity contribution is 7.15. The number of pyridine rings is 1. The molecule has 1 aromatic carbocycles. The van der Waals surface area contributed by atoms with Gasteiger partial charge in [-0.25, -0.2) is 4.98 Å². The molecule has 0 bridgehead atoms. The quantitative estimate of drug-likeness (QED) is 0.471. The van der Waals surface area contributed by atoms with Gasteiger partial charge >= 0.3 is 6.61 Å². The van der Waals surface area contributed by atoms with Crippen LogP contribution in [0.2, 0.25) is 0 Å². The molecule has 4 aromatic rings. The molecule has 3 heterocycles. The fourth-order valence-electron chi connectivity index (χ4n) is 2.93. The molecule has 0 aliphatic heterocycles. The van der Waals surface area contributed by atoms with Crippen molar-refractivity contribution >= 4 is 34.0 Å². The lowest BCUT2D eigenvalue weighted by atomic mass is 10.1. The maximum Gasteiger partial charge on any atom is 0.387 e. The average Bonchev–Trinajstić information content (AvgIpc) is 3.28. The lowest BCUT2D eigenvalue weighted by Crippen LogP contribution is -2.15. The maximum atomic E-state index is 13.1. The fourth-order valence-corrected chi connectivity index (χ4v) is 3.76. The van der Waals surface area contributed by atoms with Gasteiger partial charge in [0.05, 0.1) is 32.9 Å². The smallest absolute Gasteiger partial charge is 0.387 e. The van der Waals surface area contributed by atoms with Gasteiger partial charge in [0.25, 0.3) is 11.6 Å². The molecule has 0 saturated heterocycles. The maximum absolute atomic E-state index is 13.1. The van der Waals surface area contributed by atoms with Crippen LogP contribution in [-0.2, 0) is 0 Å². The van der Waals surface area contributed by atoms with Crippen LogP contribution in [0.1, 0.15) is 20.9 Å². The van der Waals surface area contributed by atoms with Crippen LogP contribution in [0.5, 0.6) is 5.75 Å². The number of alkyl halides is 2. The third-order valence-corrected chi connectivity index (χ3v) is 5.23. The van der Waals surface area contributed by atoms with Crippen molar-refractivity contribution < 1.29 is 22.8 Å². The number of hydrogen-bond donors (Lipinski definition) is 1. The van der Waals surface area contributed by atoms with Gasteiger partial charge in [0.2, 0.25) is 0 Å². The van der Waals surface area contributed by atoms with Gasteiger partial charge in [0.1, 0.15) is 5.75 Å². The van der Waals surface area contributed by atoms with E-state index in [2.05, 4.69) is 20.2 Å². The SMILES string of the molecule is Cc1ccc(-c2cc(C(=O)Nc3ccccc3OC(F)F)c3c(C)noc3n2)s1. The molecule has 0 fully saturated rings. The number of benzene rings is 1. The number of anilines is 1. The Labute approximate surface area is 168 Å². The molecular weight excluding hydrogens is 400 g/mol. The summed E-state index contributed by atoms with van der Waals surface area (Å²) in [6, 6.07) is 11.5. The molecule has 0 aliphatic rings. The summed E-state index contributed by atoms with van der Waals surface area (Å²) < 4.78 is 35.1. The zero-order chi connectivity index (χ0) is 20.5. The van der Waals surface area contributed by atoms with Crippen molar-refractivity contribution in [2.75, 3.05) is 5.32 Å². The number of ether oxygens (including phenoxy) is 1. The summed E-state index contributed by atoms with van der Waals surface area (Å²) in [4.78, 5) is 19.5. The van der Waals surface area contributed by atoms with Crippen molar-refractivity contribution in [1.82, 2.24) is 10.1 Å². The molecular formula is C20H15F2N3O3S. The summed E-state index contributed by atoms with van der Waals surface area (Å²) in [6.45, 7) is 0.668. The number of amides is 1. The Balaban J connectivity index is 1.77. The summed E-state index contributed by atoms with van der Waals surface area (Å²) in [5.74, 6) is -0.638. The Morgan fingerprint density at radius 3 is 2.72 bits per heavy atom. The topological polar surface area (TPSA) is 77.2 Å². The Morgan fingerprint density at radius 1 is 1.21 bits per heavy atom. The van der Waals surface area contributed by atoms with Crippen LogP contribution in [0.15, 0.2) is 47.0 Å². The summed E-state index contributed by atoms with van der Waals surface area (Å²) in [5, 5.41) is 7.00. The normalized spacial score (nSPS) is 11.2. The van der Waals surface area contributed by atoms with E-state index in [0.29, 0.717) is 16.8 Å². The van der Waals surface area contributed by atoms with E-state index in [9.17, 15) is 13.6 Å². The average molecular weight is 415 g/mol. The molecule has 6 nitrogen and oxygen atoms in total. The number of halogens is 2. The van der Waals surface area contributed by atoms with Gasteiger partial charge < -0.3 is 14.6 Å². The molecule has 9 heteroatoms. The predicted molar refractivity (Wildman–Crippen MR) is 106 cm³/mol. The van der Waals surface area contributed by atoms with Crippen LogP contribution in [0.25, 0.3) is 21.7 Å². The predicted octanol–water partition coefficient (Wildman–Crippen LogP) is 5.42. The summed E-state index contributed by atoms with van der Waals surface area (Å²) in [7, 11) is 0. The van der Waals surface area contributed by atoms with Crippen LogP contribution in [-0.4, -0.2) is 22.7 Å². The van der Waals surface area contributed by atoms with E-state index in [4.69, 9.17) is 4.52 Å². The summed E-state index contributed by atoms with van der Waals surface area (Å²) in [6.07, 6.45) is 0. The fraction of sp³-hybridized carbons (Fsp3) is 0.150. The van der Waals surface area contributed by atoms with Gasteiger partial charge in [-0.15, -0.1) is 11.3 Å². The van der Waals surface area contributed by atoms with Crippen LogP contribution < -0.4 is 10.1 Å². The molecule has 1 amide bonds. The Kier molecular flexibility index (Phi) is 4.98.